The molecule has 2 N–H and O–H groups in total. The lowest BCUT2D eigenvalue weighted by molar-refractivity contribution is 0.397. The number of rotatable bonds is 9. The number of benzene rings is 3. The average molecular weight is 532 g/mol. The Labute approximate surface area is 239 Å². The van der Waals surface area contributed by atoms with Crippen LogP contribution in [0.1, 0.15) is 56.9 Å². The van der Waals surface area contributed by atoms with Crippen molar-refractivity contribution in [3.63, 3.8) is 0 Å². The Morgan fingerprint density at radius 3 is 2.15 bits per heavy atom. The van der Waals surface area contributed by atoms with Gasteiger partial charge in [0.05, 0.1) is 5.69 Å². The van der Waals surface area contributed by atoms with Gasteiger partial charge < -0.3 is 15.5 Å². The molecule has 206 valence electrons. The van der Waals surface area contributed by atoms with Crippen LogP contribution in [0.15, 0.2) is 92.2 Å². The standard InChI is InChI=1S/C35H41N5/c1-23(2)40(9)26(5)28-15-19-30(20-16-28)38-34-36-22-21-33(39-34)31-11-10-12-32(24(31)3)37-25(4)27-13-17-29(18-14-27)35(6,7)8/h10-23,37H,4-5H2,1-3,6-9H3,(H,36,38,39). The second-order valence-corrected chi connectivity index (χ2v) is 11.5. The largest absolute Gasteiger partial charge is 0.372 e. The molecule has 3 aromatic carbocycles. The van der Waals surface area contributed by atoms with Gasteiger partial charge in [-0.15, -0.1) is 0 Å². The summed E-state index contributed by atoms with van der Waals surface area (Å²) in [7, 11) is 2.06. The molecule has 40 heavy (non-hydrogen) atoms. The van der Waals surface area contributed by atoms with Gasteiger partial charge in [-0.05, 0) is 72.7 Å². The molecule has 0 saturated heterocycles. The van der Waals surface area contributed by atoms with Crippen molar-refractivity contribution >= 4 is 28.7 Å². The Balaban J connectivity index is 1.50. The third-order valence-corrected chi connectivity index (χ3v) is 7.32. The molecule has 0 aliphatic heterocycles. The van der Waals surface area contributed by atoms with Crippen LogP contribution in [0.4, 0.5) is 17.3 Å². The fraction of sp³-hybridized carbons (Fsp3) is 0.257. The molecule has 0 spiro atoms. The van der Waals surface area contributed by atoms with Crippen LogP contribution in [0.2, 0.25) is 0 Å². The van der Waals surface area contributed by atoms with E-state index >= 15 is 0 Å². The summed E-state index contributed by atoms with van der Waals surface area (Å²) in [5.41, 5.74) is 10.3. The monoisotopic (exact) mass is 531 g/mol. The molecule has 4 rings (SSSR count). The molecule has 4 aromatic rings. The summed E-state index contributed by atoms with van der Waals surface area (Å²) in [6, 6.07) is 25.3. The molecule has 0 unspecified atom stereocenters. The van der Waals surface area contributed by atoms with Crippen LogP contribution in [-0.4, -0.2) is 28.0 Å². The van der Waals surface area contributed by atoms with Crippen molar-refractivity contribution in [2.24, 2.45) is 0 Å². The fourth-order valence-corrected chi connectivity index (χ4v) is 4.41. The van der Waals surface area contributed by atoms with E-state index in [9.17, 15) is 0 Å². The maximum absolute atomic E-state index is 4.82. The molecule has 0 amide bonds. The van der Waals surface area contributed by atoms with Crippen LogP contribution in [0.5, 0.6) is 0 Å². The van der Waals surface area contributed by atoms with Gasteiger partial charge in [0.1, 0.15) is 0 Å². The predicted molar refractivity (Wildman–Crippen MR) is 172 cm³/mol. The maximum atomic E-state index is 4.82. The van der Waals surface area contributed by atoms with Gasteiger partial charge >= 0.3 is 0 Å². The summed E-state index contributed by atoms with van der Waals surface area (Å²) < 4.78 is 0. The lowest BCUT2D eigenvalue weighted by Crippen LogP contribution is -2.24. The van der Waals surface area contributed by atoms with Crippen molar-refractivity contribution in [1.82, 2.24) is 14.9 Å². The van der Waals surface area contributed by atoms with Crippen LogP contribution in [-0.2, 0) is 5.41 Å². The zero-order valence-corrected chi connectivity index (χ0v) is 24.8. The molecule has 0 fully saturated rings. The number of hydrogen-bond acceptors (Lipinski definition) is 5. The summed E-state index contributed by atoms with van der Waals surface area (Å²) >= 11 is 0. The first-order chi connectivity index (χ1) is 18.9. The number of aromatic nitrogens is 2. The minimum Gasteiger partial charge on any atom is -0.372 e. The van der Waals surface area contributed by atoms with E-state index in [0.29, 0.717) is 12.0 Å². The van der Waals surface area contributed by atoms with Crippen LogP contribution in [0.25, 0.3) is 22.7 Å². The summed E-state index contributed by atoms with van der Waals surface area (Å²) in [4.78, 5) is 11.4. The molecule has 0 aliphatic carbocycles. The number of nitrogens with zero attached hydrogens (tertiary/aromatic N) is 3. The Kier molecular flexibility index (Phi) is 8.43. The van der Waals surface area contributed by atoms with Crippen LogP contribution < -0.4 is 10.6 Å². The number of anilines is 3. The van der Waals surface area contributed by atoms with E-state index in [-0.39, 0.29) is 5.41 Å². The highest BCUT2D eigenvalue weighted by molar-refractivity contribution is 5.81. The predicted octanol–water partition coefficient (Wildman–Crippen LogP) is 8.89. The molecule has 1 aromatic heterocycles. The molecular formula is C35H41N5. The first-order valence-corrected chi connectivity index (χ1v) is 13.7. The third kappa shape index (κ3) is 6.60. The maximum Gasteiger partial charge on any atom is 0.227 e. The Morgan fingerprint density at radius 2 is 1.52 bits per heavy atom. The topological polar surface area (TPSA) is 53.1 Å². The van der Waals surface area contributed by atoms with Crippen molar-refractivity contribution in [2.75, 3.05) is 17.7 Å². The van der Waals surface area contributed by atoms with E-state index in [1.165, 1.54) is 5.56 Å². The zero-order valence-electron chi connectivity index (χ0n) is 24.8. The smallest absolute Gasteiger partial charge is 0.227 e. The third-order valence-electron chi connectivity index (χ3n) is 7.32. The van der Waals surface area contributed by atoms with Crippen molar-refractivity contribution in [2.45, 2.75) is 53.0 Å². The van der Waals surface area contributed by atoms with Gasteiger partial charge in [0.15, 0.2) is 0 Å². The van der Waals surface area contributed by atoms with E-state index in [1.54, 1.807) is 6.20 Å². The number of nitrogens with one attached hydrogen (secondary N) is 2. The van der Waals surface area contributed by atoms with Crippen LogP contribution in [0.3, 0.4) is 0 Å². The van der Waals surface area contributed by atoms with Gasteiger partial charge in [-0.3, -0.25) is 0 Å². The van der Waals surface area contributed by atoms with Crippen molar-refractivity contribution in [1.29, 1.82) is 0 Å². The highest BCUT2D eigenvalue weighted by atomic mass is 15.1. The van der Waals surface area contributed by atoms with Gasteiger partial charge in [-0.2, -0.15) is 0 Å². The quantitative estimate of drug-likeness (QED) is 0.226. The molecule has 1 heterocycles. The second-order valence-electron chi connectivity index (χ2n) is 11.5. The normalized spacial score (nSPS) is 11.3. The summed E-state index contributed by atoms with van der Waals surface area (Å²) in [5, 5.41) is 6.85. The van der Waals surface area contributed by atoms with Crippen LogP contribution in [0, 0.1) is 6.92 Å². The average Bonchev–Trinajstić information content (AvgIpc) is 2.93. The minimum absolute atomic E-state index is 0.118. The molecule has 0 bridgehead atoms. The van der Waals surface area contributed by atoms with Crippen molar-refractivity contribution in [3.05, 3.63) is 114 Å². The summed E-state index contributed by atoms with van der Waals surface area (Å²) in [6.45, 7) is 21.6. The van der Waals surface area contributed by atoms with Gasteiger partial charge in [-0.25, -0.2) is 9.97 Å². The molecule has 0 atom stereocenters. The molecular weight excluding hydrogens is 490 g/mol. The summed E-state index contributed by atoms with van der Waals surface area (Å²) in [6.07, 6.45) is 1.79. The molecule has 0 saturated carbocycles. The van der Waals surface area contributed by atoms with Gasteiger partial charge in [0.2, 0.25) is 5.95 Å². The van der Waals surface area contributed by atoms with E-state index in [4.69, 9.17) is 4.98 Å². The summed E-state index contributed by atoms with van der Waals surface area (Å²) in [5.74, 6) is 0.546. The van der Waals surface area contributed by atoms with Gasteiger partial charge in [-0.1, -0.05) is 82.5 Å². The fourth-order valence-electron chi connectivity index (χ4n) is 4.41. The SMILES string of the molecule is C=C(Nc1cccc(-c2ccnc(Nc3ccc(C(=C)N(C)C(C)C)cc3)n2)c1C)c1ccc(C(C)(C)C)cc1. The highest BCUT2D eigenvalue weighted by Gasteiger charge is 2.14. The highest BCUT2D eigenvalue weighted by Crippen LogP contribution is 2.31. The molecule has 5 heteroatoms. The molecule has 0 aliphatic rings. The zero-order chi connectivity index (χ0) is 29.0. The lowest BCUT2D eigenvalue weighted by Gasteiger charge is -2.26. The van der Waals surface area contributed by atoms with Crippen molar-refractivity contribution < 1.29 is 0 Å². The Bertz CT molecular complexity index is 1490. The van der Waals surface area contributed by atoms with E-state index < -0.39 is 0 Å². The molecule has 0 radical (unpaired) electrons. The van der Waals surface area contributed by atoms with E-state index in [2.05, 4.69) is 131 Å². The first-order valence-electron chi connectivity index (χ1n) is 13.7. The first kappa shape index (κ1) is 28.6. The van der Waals surface area contributed by atoms with E-state index in [1.807, 2.05) is 24.3 Å². The minimum atomic E-state index is 0.118. The van der Waals surface area contributed by atoms with Crippen molar-refractivity contribution in [3.8, 4) is 11.3 Å². The van der Waals surface area contributed by atoms with Crippen LogP contribution >= 0.6 is 0 Å². The van der Waals surface area contributed by atoms with Gasteiger partial charge in [0.25, 0.3) is 0 Å². The molecule has 5 nitrogen and oxygen atoms in total. The second kappa shape index (κ2) is 11.8. The van der Waals surface area contributed by atoms with E-state index in [0.717, 1.165) is 50.7 Å². The van der Waals surface area contributed by atoms with Gasteiger partial charge in [0, 0.05) is 47.6 Å². The Hall–Kier alpha value is -4.38. The Morgan fingerprint density at radius 1 is 0.875 bits per heavy atom. The number of hydrogen-bond donors (Lipinski definition) is 2. The lowest BCUT2D eigenvalue weighted by atomic mass is 9.86.